The number of nitrogens with zero attached hydrogens (tertiary/aromatic N) is 1. The summed E-state index contributed by atoms with van der Waals surface area (Å²) in [5.74, 6) is 0. The first kappa shape index (κ1) is 24.3. The van der Waals surface area contributed by atoms with Crippen molar-refractivity contribution >= 4 is 12.7 Å². The van der Waals surface area contributed by atoms with E-state index in [9.17, 15) is 0 Å². The van der Waals surface area contributed by atoms with E-state index in [0.29, 0.717) is 0 Å². The molecule has 0 aromatic heterocycles. The summed E-state index contributed by atoms with van der Waals surface area (Å²) >= 11 is 0. The predicted molar refractivity (Wildman–Crippen MR) is 131 cm³/mol. The average molecular weight is 418 g/mol. The summed E-state index contributed by atoms with van der Waals surface area (Å²) in [5.41, 5.74) is 6.57. The van der Waals surface area contributed by atoms with Crippen LogP contribution in [0.2, 0.25) is 0 Å². The first-order valence-electron chi connectivity index (χ1n) is 10.9. The van der Waals surface area contributed by atoms with E-state index in [1.54, 1.807) is 7.11 Å². The molecule has 29 heavy (non-hydrogen) atoms. The van der Waals surface area contributed by atoms with Gasteiger partial charge in [0.15, 0.2) is 0 Å². The molecule has 0 N–H and O–H groups in total. The minimum atomic E-state index is -1.81. The van der Waals surface area contributed by atoms with Gasteiger partial charge in [0.05, 0.1) is 19.9 Å². The molecule has 0 fully saturated rings. The highest BCUT2D eigenvalue weighted by atomic mass is 31.2. The zero-order valence-corrected chi connectivity index (χ0v) is 22.4. The molecule has 1 aliphatic heterocycles. The molecule has 164 valence electrons. The first-order valence-corrected chi connectivity index (χ1v) is 12.6. The molecule has 1 aromatic rings. The van der Waals surface area contributed by atoms with Crippen LogP contribution >= 0.6 is 7.05 Å². The van der Waals surface area contributed by atoms with Gasteiger partial charge >= 0.3 is 0 Å². The second-order valence-electron chi connectivity index (χ2n) is 12.7. The Morgan fingerprint density at radius 1 is 0.724 bits per heavy atom. The maximum Gasteiger partial charge on any atom is 0.144 e. The van der Waals surface area contributed by atoms with Crippen molar-refractivity contribution in [3.05, 3.63) is 39.6 Å². The van der Waals surface area contributed by atoms with Crippen molar-refractivity contribution in [1.82, 2.24) is 0 Å². The van der Waals surface area contributed by atoms with Gasteiger partial charge in [-0.05, 0) is 39.9 Å². The predicted octanol–water partition coefficient (Wildman–Crippen LogP) is 9.06. The van der Waals surface area contributed by atoms with Gasteiger partial charge in [0.25, 0.3) is 0 Å². The Balaban J connectivity index is 3.02. The smallest absolute Gasteiger partial charge is 0.144 e. The number of hydrogen-bond acceptors (Lipinski definition) is 2. The molecular weight excluding hydrogens is 373 g/mol. The molecule has 0 saturated carbocycles. The Kier molecular flexibility index (Phi) is 5.87. The fourth-order valence-electron chi connectivity index (χ4n) is 4.15. The molecule has 0 bridgehead atoms. The number of methoxy groups -OCH3 is 1. The number of rotatable bonds is 2. The van der Waals surface area contributed by atoms with Gasteiger partial charge in [-0.2, -0.15) is 0 Å². The largest absolute Gasteiger partial charge is 0.494 e. The van der Waals surface area contributed by atoms with Crippen LogP contribution in [0, 0.1) is 0 Å². The summed E-state index contributed by atoms with van der Waals surface area (Å²) < 4.78 is 11.5. The Labute approximate surface area is 180 Å². The Morgan fingerprint density at radius 2 is 1.14 bits per heavy atom. The van der Waals surface area contributed by atoms with Gasteiger partial charge in [0, 0.05) is 10.5 Å². The molecular formula is C26H44NOP. The minimum Gasteiger partial charge on any atom is -0.494 e. The lowest BCUT2D eigenvalue weighted by molar-refractivity contribution is 0.327. The molecule has 3 heteroatoms. The van der Waals surface area contributed by atoms with Crippen LogP contribution in [0.5, 0.6) is 0 Å². The van der Waals surface area contributed by atoms with Crippen LogP contribution < -0.4 is 0 Å². The molecule has 1 heterocycles. The number of benzene rings is 1. The molecule has 0 aliphatic carbocycles. The van der Waals surface area contributed by atoms with Crippen LogP contribution in [0.15, 0.2) is 27.7 Å². The maximum absolute atomic E-state index is 5.85. The second-order valence-corrected chi connectivity index (χ2v) is 16.6. The highest BCUT2D eigenvalue weighted by Gasteiger charge is 2.53. The van der Waals surface area contributed by atoms with E-state index >= 15 is 0 Å². The fourth-order valence-corrected chi connectivity index (χ4v) is 8.10. The maximum atomic E-state index is 5.85. The molecule has 0 unspecified atom stereocenters. The van der Waals surface area contributed by atoms with Crippen LogP contribution in [0.25, 0.3) is 0 Å². The van der Waals surface area contributed by atoms with E-state index < -0.39 is 7.05 Å². The van der Waals surface area contributed by atoms with E-state index in [0.717, 1.165) is 5.50 Å². The summed E-state index contributed by atoms with van der Waals surface area (Å²) in [7, 11) is -0.00666. The van der Waals surface area contributed by atoms with Crippen molar-refractivity contribution < 1.29 is 4.74 Å². The molecule has 0 spiro atoms. The van der Waals surface area contributed by atoms with Gasteiger partial charge in [-0.3, -0.25) is 4.74 Å². The van der Waals surface area contributed by atoms with Gasteiger partial charge < -0.3 is 4.74 Å². The third kappa shape index (κ3) is 4.25. The monoisotopic (exact) mass is 417 g/mol. The molecule has 1 aromatic carbocycles. The van der Waals surface area contributed by atoms with Gasteiger partial charge in [-0.25, -0.2) is 0 Å². The van der Waals surface area contributed by atoms with Crippen LogP contribution in [0.1, 0.15) is 107 Å². The van der Waals surface area contributed by atoms with E-state index in [-0.39, 0.29) is 21.4 Å². The normalized spacial score (nSPS) is 20.8. The molecule has 0 amide bonds. The summed E-state index contributed by atoms with van der Waals surface area (Å²) in [6.07, 6.45) is 0. The van der Waals surface area contributed by atoms with Crippen LogP contribution in [0.4, 0.5) is 5.69 Å². The van der Waals surface area contributed by atoms with Gasteiger partial charge in [0.1, 0.15) is 5.50 Å². The zero-order chi connectivity index (χ0) is 22.8. The highest BCUT2D eigenvalue weighted by Crippen LogP contribution is 2.86. The van der Waals surface area contributed by atoms with Gasteiger partial charge in [-0.1, -0.05) is 95.2 Å². The third-order valence-corrected chi connectivity index (χ3v) is 10.5. The standard InChI is InChI=1S/C26H44NOP/c1-17-22(28-14)29(17,26(11,12)13)27-21-19(24(5,6)7)15-18(23(2,3)4)16-20(21)25(8,9)10/h15-16H,1-14H3/t29-/m1/s1. The van der Waals surface area contributed by atoms with Crippen LogP contribution in [0.3, 0.4) is 0 Å². The molecule has 0 saturated heterocycles. The summed E-state index contributed by atoms with van der Waals surface area (Å²) in [6.45, 7) is 30.0. The van der Waals surface area contributed by atoms with Crippen molar-refractivity contribution in [3.63, 3.8) is 0 Å². The van der Waals surface area contributed by atoms with Crippen LogP contribution in [-0.2, 0) is 21.0 Å². The SMILES string of the molecule is COC1=C(C)[P@]1(=Nc1c(C(C)(C)C)cc(C(C)(C)C)cc1C(C)(C)C)C(C)(C)C. The van der Waals surface area contributed by atoms with Crippen molar-refractivity contribution in [1.29, 1.82) is 0 Å². The molecule has 1 aliphatic rings. The molecule has 2 rings (SSSR count). The Hall–Kier alpha value is -1.01. The van der Waals surface area contributed by atoms with Crippen molar-refractivity contribution in [2.75, 3.05) is 7.11 Å². The van der Waals surface area contributed by atoms with Crippen molar-refractivity contribution in [3.8, 4) is 0 Å². The van der Waals surface area contributed by atoms with E-state index in [1.165, 1.54) is 27.7 Å². The minimum absolute atomic E-state index is 0.0130. The topological polar surface area (TPSA) is 21.6 Å². The van der Waals surface area contributed by atoms with Crippen molar-refractivity contribution in [2.45, 2.75) is 111 Å². The lowest BCUT2D eigenvalue weighted by Crippen LogP contribution is -2.21. The Bertz CT molecular complexity index is 856. The summed E-state index contributed by atoms with van der Waals surface area (Å²) in [6, 6.07) is 4.83. The van der Waals surface area contributed by atoms with Gasteiger partial charge in [-0.15, -0.1) is 0 Å². The van der Waals surface area contributed by atoms with Crippen LogP contribution in [-0.4, -0.2) is 12.3 Å². The highest BCUT2D eigenvalue weighted by molar-refractivity contribution is 7.82. The number of allylic oxidation sites excluding steroid dienone is 1. The van der Waals surface area contributed by atoms with Crippen molar-refractivity contribution in [2.24, 2.45) is 4.74 Å². The average Bonchev–Trinajstić information content (AvgIpc) is 3.08. The Morgan fingerprint density at radius 3 is 1.38 bits per heavy atom. The second kappa shape index (κ2) is 7.01. The molecule has 1 atom stereocenters. The van der Waals surface area contributed by atoms with Gasteiger partial charge in [0.2, 0.25) is 0 Å². The third-order valence-electron chi connectivity index (χ3n) is 6.04. The first-order chi connectivity index (χ1) is 12.8. The molecule has 0 radical (unpaired) electrons. The fraction of sp³-hybridized carbons (Fsp3) is 0.692. The number of ether oxygens (including phenoxy) is 1. The van der Waals surface area contributed by atoms with E-state index in [1.807, 2.05) is 0 Å². The lowest BCUT2D eigenvalue weighted by Gasteiger charge is -2.34. The zero-order valence-electron chi connectivity index (χ0n) is 21.5. The summed E-state index contributed by atoms with van der Waals surface area (Å²) in [5, 5.41) is 1.43. The summed E-state index contributed by atoms with van der Waals surface area (Å²) in [4.78, 5) is 0. The van der Waals surface area contributed by atoms with E-state index in [2.05, 4.69) is 102 Å². The quantitative estimate of drug-likeness (QED) is 0.440. The van der Waals surface area contributed by atoms with E-state index in [4.69, 9.17) is 9.48 Å². The number of hydrogen-bond donors (Lipinski definition) is 0. The lowest BCUT2D eigenvalue weighted by atomic mass is 9.74. The molecule has 2 nitrogen and oxygen atoms in total.